The van der Waals surface area contributed by atoms with Crippen molar-refractivity contribution in [2.75, 3.05) is 12.4 Å². The fraction of sp³-hybridized carbons (Fsp3) is 0.0833. The van der Waals surface area contributed by atoms with Crippen molar-refractivity contribution in [1.29, 1.82) is 5.26 Å². The van der Waals surface area contributed by atoms with Gasteiger partial charge in [0.2, 0.25) is 0 Å². The number of hydrogen-bond acceptors (Lipinski definition) is 3. The Labute approximate surface area is 164 Å². The molecule has 0 unspecified atom stereocenters. The van der Waals surface area contributed by atoms with E-state index >= 15 is 0 Å². The topological polar surface area (TPSA) is 62.1 Å². The second-order valence-corrected chi connectivity index (χ2v) is 6.18. The van der Waals surface area contributed by atoms with Crippen LogP contribution in [0.4, 0.5) is 5.69 Å². The van der Waals surface area contributed by atoms with Gasteiger partial charge in [-0.3, -0.25) is 4.79 Å². The van der Waals surface area contributed by atoms with Crippen LogP contribution in [0.25, 0.3) is 11.6 Å². The van der Waals surface area contributed by atoms with E-state index in [1.165, 1.54) is 0 Å². The molecule has 138 valence electrons. The van der Waals surface area contributed by atoms with E-state index in [0.29, 0.717) is 17.7 Å². The summed E-state index contributed by atoms with van der Waals surface area (Å²) in [7, 11) is 1.62. The molecule has 0 aliphatic rings. The van der Waals surface area contributed by atoms with Crippen molar-refractivity contribution in [3.8, 4) is 11.8 Å². The summed E-state index contributed by atoms with van der Waals surface area (Å²) in [6, 6.07) is 26.5. The summed E-state index contributed by atoms with van der Waals surface area (Å²) >= 11 is 0. The van der Waals surface area contributed by atoms with Gasteiger partial charge in [-0.25, -0.2) is 0 Å². The first kappa shape index (κ1) is 18.9. The first-order valence-corrected chi connectivity index (χ1v) is 8.88. The van der Waals surface area contributed by atoms with Crippen molar-refractivity contribution in [2.45, 2.75) is 6.42 Å². The fourth-order valence-electron chi connectivity index (χ4n) is 2.76. The zero-order chi connectivity index (χ0) is 19.8. The third kappa shape index (κ3) is 4.87. The van der Waals surface area contributed by atoms with Crippen LogP contribution < -0.4 is 10.1 Å². The highest BCUT2D eigenvalue weighted by Crippen LogP contribution is 2.22. The average Bonchev–Trinajstić information content (AvgIpc) is 2.74. The summed E-state index contributed by atoms with van der Waals surface area (Å²) < 4.78 is 5.19. The molecule has 0 aromatic heterocycles. The number of hydrogen-bond donors (Lipinski definition) is 1. The highest BCUT2D eigenvalue weighted by Gasteiger charge is 2.12. The van der Waals surface area contributed by atoms with Gasteiger partial charge in [0.15, 0.2) is 0 Å². The summed E-state index contributed by atoms with van der Waals surface area (Å²) in [4.78, 5) is 13.0. The lowest BCUT2D eigenvalue weighted by atomic mass is 10.0. The zero-order valence-corrected chi connectivity index (χ0v) is 15.6. The Morgan fingerprint density at radius 1 is 1.00 bits per heavy atom. The van der Waals surface area contributed by atoms with Crippen LogP contribution in [0.1, 0.15) is 16.7 Å². The van der Waals surface area contributed by atoms with Gasteiger partial charge in [0, 0.05) is 11.3 Å². The molecule has 4 heteroatoms. The molecule has 0 aliphatic heterocycles. The Hall–Kier alpha value is -3.84. The van der Waals surface area contributed by atoms with Crippen molar-refractivity contribution in [3.63, 3.8) is 0 Å². The zero-order valence-electron chi connectivity index (χ0n) is 15.6. The number of nitrogens with zero attached hydrogens (tertiary/aromatic N) is 1. The smallest absolute Gasteiger partial charge is 0.256 e. The van der Waals surface area contributed by atoms with E-state index in [1.54, 1.807) is 19.2 Å². The molecule has 4 nitrogen and oxygen atoms in total. The normalized spacial score (nSPS) is 10.8. The van der Waals surface area contributed by atoms with Crippen LogP contribution in [-0.2, 0) is 11.2 Å². The Balaban J connectivity index is 1.88. The van der Waals surface area contributed by atoms with Gasteiger partial charge in [-0.1, -0.05) is 54.6 Å². The van der Waals surface area contributed by atoms with Crippen molar-refractivity contribution >= 4 is 23.2 Å². The number of carbonyl (C=O) groups excluding carboxylic acids is 1. The van der Waals surface area contributed by atoms with Crippen LogP contribution in [0.5, 0.6) is 5.75 Å². The molecular weight excluding hydrogens is 348 g/mol. The van der Waals surface area contributed by atoms with Gasteiger partial charge in [-0.05, 0) is 47.0 Å². The number of ether oxygens (including phenoxy) is 1. The second kappa shape index (κ2) is 9.20. The lowest BCUT2D eigenvalue weighted by molar-refractivity contribution is -0.111. The summed E-state index contributed by atoms with van der Waals surface area (Å²) in [5.74, 6) is 0.565. The number of nitrogens with one attached hydrogen (secondary N) is 1. The number of nitriles is 1. The van der Waals surface area contributed by atoms with E-state index < -0.39 is 0 Å². The van der Waals surface area contributed by atoms with E-state index in [-0.39, 0.29) is 5.91 Å². The lowest BCUT2D eigenvalue weighted by Crippen LogP contribution is -2.13. The third-order valence-electron chi connectivity index (χ3n) is 4.25. The van der Waals surface area contributed by atoms with Gasteiger partial charge in [0.25, 0.3) is 5.91 Å². The largest absolute Gasteiger partial charge is 0.497 e. The van der Waals surface area contributed by atoms with Crippen LogP contribution >= 0.6 is 0 Å². The van der Waals surface area contributed by atoms with Gasteiger partial charge in [-0.2, -0.15) is 5.26 Å². The van der Waals surface area contributed by atoms with Crippen LogP contribution in [-0.4, -0.2) is 13.0 Å². The van der Waals surface area contributed by atoms with Crippen molar-refractivity contribution in [2.24, 2.45) is 0 Å². The molecule has 0 spiro atoms. The summed E-state index contributed by atoms with van der Waals surface area (Å²) in [6.45, 7) is 0. The maximum atomic E-state index is 13.0. The number of amides is 1. The van der Waals surface area contributed by atoms with E-state index in [1.807, 2.05) is 72.8 Å². The second-order valence-electron chi connectivity index (χ2n) is 6.18. The van der Waals surface area contributed by atoms with Crippen molar-refractivity contribution in [3.05, 3.63) is 95.6 Å². The van der Waals surface area contributed by atoms with Gasteiger partial charge in [-0.15, -0.1) is 0 Å². The van der Waals surface area contributed by atoms with Gasteiger partial charge in [0.1, 0.15) is 5.75 Å². The van der Waals surface area contributed by atoms with Crippen molar-refractivity contribution < 1.29 is 9.53 Å². The molecular formula is C24H20N2O2. The Bertz CT molecular complexity index is 999. The molecule has 0 radical (unpaired) electrons. The third-order valence-corrected chi connectivity index (χ3v) is 4.25. The SMILES string of the molecule is COc1ccc(/C=C(/C(=O)Nc2ccc(CC#N)cc2)c2ccccc2)cc1. The maximum Gasteiger partial charge on any atom is 0.256 e. The molecule has 0 fully saturated rings. The molecule has 28 heavy (non-hydrogen) atoms. The highest BCUT2D eigenvalue weighted by molar-refractivity contribution is 6.29. The van der Waals surface area contributed by atoms with Gasteiger partial charge in [0.05, 0.1) is 19.6 Å². The van der Waals surface area contributed by atoms with Crippen molar-refractivity contribution in [1.82, 2.24) is 0 Å². The fourth-order valence-corrected chi connectivity index (χ4v) is 2.76. The minimum absolute atomic E-state index is 0.199. The molecule has 0 saturated heterocycles. The number of rotatable bonds is 6. The highest BCUT2D eigenvalue weighted by atomic mass is 16.5. The molecule has 3 rings (SSSR count). The summed E-state index contributed by atoms with van der Waals surface area (Å²) in [5, 5.41) is 11.7. The number of carbonyl (C=O) groups is 1. The molecule has 0 aliphatic carbocycles. The summed E-state index contributed by atoms with van der Waals surface area (Å²) in [5.41, 5.74) is 3.89. The Kier molecular flexibility index (Phi) is 6.22. The first-order chi connectivity index (χ1) is 13.7. The first-order valence-electron chi connectivity index (χ1n) is 8.88. The van der Waals surface area contributed by atoms with Gasteiger partial charge >= 0.3 is 0 Å². The van der Waals surface area contributed by atoms with E-state index in [0.717, 1.165) is 22.4 Å². The molecule has 0 saturated carbocycles. The van der Waals surface area contributed by atoms with Crippen LogP contribution in [0, 0.1) is 11.3 Å². The van der Waals surface area contributed by atoms with E-state index in [9.17, 15) is 4.79 Å². The lowest BCUT2D eigenvalue weighted by Gasteiger charge is -2.10. The molecule has 1 amide bonds. The molecule has 0 bridgehead atoms. The molecule has 0 heterocycles. The Morgan fingerprint density at radius 3 is 2.29 bits per heavy atom. The van der Waals surface area contributed by atoms with E-state index in [2.05, 4.69) is 11.4 Å². The predicted molar refractivity (Wildman–Crippen MR) is 112 cm³/mol. The average molecular weight is 368 g/mol. The molecule has 0 atom stereocenters. The standard InChI is InChI=1S/C24H20N2O2/c1-28-22-13-9-19(10-14-22)17-23(20-5-3-2-4-6-20)24(27)26-21-11-7-18(8-12-21)15-16-25/h2-14,17H,15H2,1H3,(H,26,27)/b23-17+. The van der Waals surface area contributed by atoms with Crippen LogP contribution in [0.3, 0.4) is 0 Å². The Morgan fingerprint density at radius 2 is 1.68 bits per heavy atom. The molecule has 1 N–H and O–H groups in total. The number of benzene rings is 3. The predicted octanol–water partition coefficient (Wildman–Crippen LogP) is 4.94. The molecule has 3 aromatic rings. The minimum atomic E-state index is -0.199. The number of anilines is 1. The number of methoxy groups -OCH3 is 1. The maximum absolute atomic E-state index is 13.0. The quantitative estimate of drug-likeness (QED) is 0.495. The molecule has 3 aromatic carbocycles. The summed E-state index contributed by atoms with van der Waals surface area (Å²) in [6.07, 6.45) is 2.20. The monoisotopic (exact) mass is 368 g/mol. The van der Waals surface area contributed by atoms with E-state index in [4.69, 9.17) is 10.00 Å². The van der Waals surface area contributed by atoms with Crippen LogP contribution in [0.15, 0.2) is 78.9 Å². The van der Waals surface area contributed by atoms with Gasteiger partial charge < -0.3 is 10.1 Å². The van der Waals surface area contributed by atoms with Crippen LogP contribution in [0.2, 0.25) is 0 Å². The minimum Gasteiger partial charge on any atom is -0.497 e.